The number of nitrogens with zero attached hydrogens (tertiary/aromatic N) is 4. The molecule has 0 spiro atoms. The molecule has 0 radical (unpaired) electrons. The first-order valence-corrected chi connectivity index (χ1v) is 13.8. The van der Waals surface area contributed by atoms with E-state index in [0.29, 0.717) is 12.1 Å². The fourth-order valence-corrected chi connectivity index (χ4v) is 5.67. The van der Waals surface area contributed by atoms with Crippen LogP contribution in [0.1, 0.15) is 36.7 Å². The second kappa shape index (κ2) is 11.2. The van der Waals surface area contributed by atoms with Crippen LogP contribution in [0.2, 0.25) is 0 Å². The molecule has 0 N–H and O–H groups in total. The first-order chi connectivity index (χ1) is 18.1. The first-order valence-electron chi connectivity index (χ1n) is 13.0. The molecular formula is C31H32N4OS. The standard InChI is InChI=1S/C31H32N4OS/c1-4-22-16-17-27-29(20-22)37-31(33-27)35(19-18-34(5-2)6-3)30(36)25-21-28(23-12-8-7-9-13-23)32-26-15-11-10-14-24(25)26/h7-17,20-21H,4-6,18-19H2,1-3H3. The minimum atomic E-state index is -0.0438. The molecule has 1 amide bonds. The average molecular weight is 509 g/mol. The molecule has 5 nitrogen and oxygen atoms in total. The van der Waals surface area contributed by atoms with Gasteiger partial charge in [0.25, 0.3) is 5.91 Å². The van der Waals surface area contributed by atoms with Crippen molar-refractivity contribution in [2.45, 2.75) is 27.2 Å². The summed E-state index contributed by atoms with van der Waals surface area (Å²) >= 11 is 1.59. The summed E-state index contributed by atoms with van der Waals surface area (Å²) in [5, 5.41) is 1.59. The van der Waals surface area contributed by atoms with Gasteiger partial charge >= 0.3 is 0 Å². The number of thiazole rings is 1. The van der Waals surface area contributed by atoms with E-state index in [9.17, 15) is 4.79 Å². The first kappa shape index (κ1) is 25.1. The van der Waals surface area contributed by atoms with Gasteiger partial charge in [0.05, 0.1) is 27.0 Å². The normalized spacial score (nSPS) is 11.5. The van der Waals surface area contributed by atoms with Crippen LogP contribution >= 0.6 is 11.3 Å². The third-order valence-electron chi connectivity index (χ3n) is 6.88. The summed E-state index contributed by atoms with van der Waals surface area (Å²) in [4.78, 5) is 28.4. The highest BCUT2D eigenvalue weighted by molar-refractivity contribution is 7.22. The highest BCUT2D eigenvalue weighted by Gasteiger charge is 2.24. The fraction of sp³-hybridized carbons (Fsp3) is 0.258. The molecular weight excluding hydrogens is 476 g/mol. The number of rotatable bonds is 9. The zero-order chi connectivity index (χ0) is 25.8. The Balaban J connectivity index is 1.62. The van der Waals surface area contributed by atoms with Crippen LogP contribution in [0, 0.1) is 0 Å². The topological polar surface area (TPSA) is 49.3 Å². The summed E-state index contributed by atoms with van der Waals surface area (Å²) in [6.45, 7) is 9.69. The second-order valence-corrected chi connectivity index (χ2v) is 10.1. The third kappa shape index (κ3) is 5.26. The van der Waals surface area contributed by atoms with Crippen molar-refractivity contribution < 1.29 is 4.79 Å². The van der Waals surface area contributed by atoms with Gasteiger partial charge in [0.15, 0.2) is 5.13 Å². The molecule has 0 aliphatic carbocycles. The van der Waals surface area contributed by atoms with Crippen molar-refractivity contribution >= 4 is 43.5 Å². The van der Waals surface area contributed by atoms with Gasteiger partial charge in [-0.15, -0.1) is 0 Å². The van der Waals surface area contributed by atoms with Crippen LogP contribution in [0.4, 0.5) is 5.13 Å². The predicted molar refractivity (Wildman–Crippen MR) is 156 cm³/mol. The lowest BCUT2D eigenvalue weighted by atomic mass is 10.0. The number of anilines is 1. The molecule has 37 heavy (non-hydrogen) atoms. The second-order valence-electron chi connectivity index (χ2n) is 9.07. The lowest BCUT2D eigenvalue weighted by Gasteiger charge is -2.25. The van der Waals surface area contributed by atoms with Gasteiger partial charge in [0, 0.05) is 24.0 Å². The molecule has 0 fully saturated rings. The molecule has 0 bridgehead atoms. The lowest BCUT2D eigenvalue weighted by Crippen LogP contribution is -2.39. The summed E-state index contributed by atoms with van der Waals surface area (Å²) in [7, 11) is 0. The van der Waals surface area contributed by atoms with Crippen molar-refractivity contribution in [3.05, 3.63) is 90.0 Å². The Morgan fingerprint density at radius 3 is 2.32 bits per heavy atom. The van der Waals surface area contributed by atoms with Gasteiger partial charge in [-0.2, -0.15) is 0 Å². The van der Waals surface area contributed by atoms with Crippen LogP contribution in [0.5, 0.6) is 0 Å². The van der Waals surface area contributed by atoms with Crippen molar-refractivity contribution in [3.63, 3.8) is 0 Å². The molecule has 6 heteroatoms. The third-order valence-corrected chi connectivity index (χ3v) is 7.92. The molecule has 0 saturated heterocycles. The highest BCUT2D eigenvalue weighted by atomic mass is 32.1. The van der Waals surface area contributed by atoms with Gasteiger partial charge < -0.3 is 4.90 Å². The van der Waals surface area contributed by atoms with Crippen molar-refractivity contribution in [2.24, 2.45) is 0 Å². The van der Waals surface area contributed by atoms with Gasteiger partial charge in [-0.25, -0.2) is 9.97 Å². The molecule has 0 saturated carbocycles. The number of carbonyl (C=O) groups excluding carboxylic acids is 1. The fourth-order valence-electron chi connectivity index (χ4n) is 4.61. The van der Waals surface area contributed by atoms with E-state index in [1.807, 2.05) is 65.6 Å². The van der Waals surface area contributed by atoms with Crippen molar-refractivity contribution in [2.75, 3.05) is 31.1 Å². The van der Waals surface area contributed by atoms with E-state index in [4.69, 9.17) is 9.97 Å². The van der Waals surface area contributed by atoms with E-state index in [-0.39, 0.29) is 5.91 Å². The Morgan fingerprint density at radius 1 is 0.811 bits per heavy atom. The van der Waals surface area contributed by atoms with Gasteiger partial charge in [0.2, 0.25) is 0 Å². The number of pyridine rings is 1. The quantitative estimate of drug-likeness (QED) is 0.214. The van der Waals surface area contributed by atoms with E-state index < -0.39 is 0 Å². The van der Waals surface area contributed by atoms with Crippen LogP contribution in [-0.4, -0.2) is 47.0 Å². The van der Waals surface area contributed by atoms with E-state index in [1.165, 1.54) is 5.56 Å². The number of amides is 1. The molecule has 2 heterocycles. The van der Waals surface area contributed by atoms with Crippen LogP contribution in [0.15, 0.2) is 78.9 Å². The largest absolute Gasteiger partial charge is 0.302 e. The number of carbonyl (C=O) groups is 1. The molecule has 3 aromatic carbocycles. The number of hydrogen-bond acceptors (Lipinski definition) is 5. The number of hydrogen-bond donors (Lipinski definition) is 0. The molecule has 0 unspecified atom stereocenters. The highest BCUT2D eigenvalue weighted by Crippen LogP contribution is 2.32. The summed E-state index contributed by atoms with van der Waals surface area (Å²) < 4.78 is 1.11. The zero-order valence-corrected chi connectivity index (χ0v) is 22.5. The van der Waals surface area contributed by atoms with Crippen LogP contribution in [0.25, 0.3) is 32.4 Å². The minimum Gasteiger partial charge on any atom is -0.302 e. The van der Waals surface area contributed by atoms with E-state index in [0.717, 1.165) is 63.6 Å². The Bertz CT molecular complexity index is 1520. The number of fused-ring (bicyclic) bond motifs is 2. The summed E-state index contributed by atoms with van der Waals surface area (Å²) in [6.07, 6.45) is 0.971. The maximum atomic E-state index is 14.4. The van der Waals surface area contributed by atoms with Crippen molar-refractivity contribution in [3.8, 4) is 11.3 Å². The zero-order valence-electron chi connectivity index (χ0n) is 21.6. The van der Waals surface area contributed by atoms with E-state index >= 15 is 0 Å². The molecule has 0 aliphatic rings. The van der Waals surface area contributed by atoms with Gasteiger partial charge in [0.1, 0.15) is 0 Å². The molecule has 188 valence electrons. The predicted octanol–water partition coefficient (Wildman–Crippen LogP) is 7.06. The minimum absolute atomic E-state index is 0.0438. The Labute approximate surface area is 222 Å². The number of benzene rings is 3. The monoisotopic (exact) mass is 508 g/mol. The molecule has 0 aliphatic heterocycles. The maximum Gasteiger partial charge on any atom is 0.260 e. The van der Waals surface area contributed by atoms with Gasteiger partial charge in [-0.05, 0) is 49.3 Å². The molecule has 5 aromatic rings. The summed E-state index contributed by atoms with van der Waals surface area (Å²) in [6, 6.07) is 26.3. The van der Waals surface area contributed by atoms with E-state index in [2.05, 4.69) is 43.9 Å². The number of aryl methyl sites for hydroxylation is 1. The molecule has 2 aromatic heterocycles. The number of aromatic nitrogens is 2. The Kier molecular flexibility index (Phi) is 7.58. The average Bonchev–Trinajstić information content (AvgIpc) is 3.38. The van der Waals surface area contributed by atoms with Crippen molar-refractivity contribution in [1.82, 2.24) is 14.9 Å². The number of para-hydroxylation sites is 1. The van der Waals surface area contributed by atoms with E-state index in [1.54, 1.807) is 11.3 Å². The van der Waals surface area contributed by atoms with Gasteiger partial charge in [-0.1, -0.05) is 86.7 Å². The SMILES string of the molecule is CCc1ccc2nc(N(CCN(CC)CC)C(=O)c3cc(-c4ccccc4)nc4ccccc34)sc2c1. The van der Waals surface area contributed by atoms with Crippen LogP contribution in [0.3, 0.4) is 0 Å². The Morgan fingerprint density at radius 2 is 1.57 bits per heavy atom. The van der Waals surface area contributed by atoms with Crippen LogP contribution < -0.4 is 4.90 Å². The smallest absolute Gasteiger partial charge is 0.260 e. The van der Waals surface area contributed by atoms with Crippen LogP contribution in [-0.2, 0) is 6.42 Å². The molecule has 5 rings (SSSR count). The lowest BCUT2D eigenvalue weighted by molar-refractivity contribution is 0.0985. The Hall–Kier alpha value is -3.61. The maximum absolute atomic E-state index is 14.4. The number of likely N-dealkylation sites (N-methyl/N-ethyl adjacent to an activating group) is 1. The molecule has 0 atom stereocenters. The summed E-state index contributed by atoms with van der Waals surface area (Å²) in [5.74, 6) is -0.0438. The van der Waals surface area contributed by atoms with Crippen molar-refractivity contribution in [1.29, 1.82) is 0 Å². The summed E-state index contributed by atoms with van der Waals surface area (Å²) in [5.41, 5.74) is 5.45. The van der Waals surface area contributed by atoms with Gasteiger partial charge in [-0.3, -0.25) is 9.69 Å².